The van der Waals surface area contributed by atoms with Crippen LogP contribution in [0.4, 0.5) is 0 Å². The van der Waals surface area contributed by atoms with Crippen LogP contribution in [0.5, 0.6) is 0 Å². The summed E-state index contributed by atoms with van der Waals surface area (Å²) in [5.74, 6) is -0.768. The number of aliphatic hydroxyl groups is 3. The number of carbonyl (C=O) groups excluding carboxylic acids is 2. The zero-order chi connectivity index (χ0) is 44.2. The maximum absolute atomic E-state index is 13.2. The van der Waals surface area contributed by atoms with Crippen molar-refractivity contribution < 1.29 is 72.3 Å². The molecule has 0 aromatic heterocycles. The van der Waals surface area contributed by atoms with Gasteiger partial charge in [-0.3, -0.25) is 0 Å². The highest BCUT2D eigenvalue weighted by molar-refractivity contribution is 5.87. The second-order valence-electron chi connectivity index (χ2n) is 19.3. The number of hydrogen-bond acceptors (Lipinski definition) is 15. The Morgan fingerprint density at radius 2 is 1.44 bits per heavy atom. The molecule has 0 amide bonds. The third-order valence-corrected chi connectivity index (χ3v) is 16.4. The number of rotatable bonds is 12. The topological polar surface area (TPSA) is 187 Å². The Morgan fingerprint density at radius 3 is 2.05 bits per heavy atom. The van der Waals surface area contributed by atoms with Gasteiger partial charge in [0, 0.05) is 51.1 Å². The number of esters is 1. The van der Waals surface area contributed by atoms with E-state index in [2.05, 4.69) is 13.0 Å². The van der Waals surface area contributed by atoms with E-state index in [4.69, 9.17) is 47.4 Å². The highest BCUT2D eigenvalue weighted by atomic mass is 16.8. The molecule has 3 saturated heterocycles. The molecule has 0 aromatic rings. The molecule has 0 spiro atoms. The molecule has 3 aliphatic heterocycles. The Bertz CT molecular complexity index is 1620. The molecule has 21 atom stereocenters. The fourth-order valence-electron chi connectivity index (χ4n) is 12.4. The Hall–Kier alpha value is -1.86. The maximum atomic E-state index is 13.2. The van der Waals surface area contributed by atoms with Crippen molar-refractivity contribution >= 4 is 12.3 Å². The zero-order valence-electron chi connectivity index (χ0n) is 37.7. The molecule has 0 aromatic carbocycles. The molecule has 15 heteroatoms. The molecule has 0 bridgehead atoms. The molecule has 15 unspecified atom stereocenters. The first-order valence-corrected chi connectivity index (χ1v) is 22.6. The second kappa shape index (κ2) is 18.6. The Balaban J connectivity index is 0.973. The largest absolute Gasteiger partial charge is 0.458 e. The fraction of sp³-hybridized carbons (Fsp3) is 0.870. The summed E-state index contributed by atoms with van der Waals surface area (Å²) in [5.41, 5.74) is -0.418. The predicted octanol–water partition coefficient (Wildman–Crippen LogP) is 4.30. The van der Waals surface area contributed by atoms with Crippen LogP contribution in [0.1, 0.15) is 106 Å². The molecule has 3 N–H and O–H groups in total. The summed E-state index contributed by atoms with van der Waals surface area (Å²) in [6, 6.07) is 0. The average Bonchev–Trinajstić information content (AvgIpc) is 3.52. The van der Waals surface area contributed by atoms with Crippen molar-refractivity contribution in [1.82, 2.24) is 0 Å². The van der Waals surface area contributed by atoms with Gasteiger partial charge in [-0.05, 0) is 96.8 Å². The number of methoxy groups -OCH3 is 3. The number of carbonyl (C=O) groups is 2. The van der Waals surface area contributed by atoms with Gasteiger partial charge in [0.05, 0.1) is 42.2 Å². The van der Waals surface area contributed by atoms with E-state index in [0.29, 0.717) is 44.1 Å². The number of hydrogen-bond donors (Lipinski definition) is 3. The summed E-state index contributed by atoms with van der Waals surface area (Å²) in [4.78, 5) is 25.7. The summed E-state index contributed by atoms with van der Waals surface area (Å²) >= 11 is 0. The minimum absolute atomic E-state index is 0.0525. The number of aldehydes is 1. The van der Waals surface area contributed by atoms with Crippen LogP contribution < -0.4 is 0 Å². The van der Waals surface area contributed by atoms with Crippen LogP contribution in [-0.2, 0) is 57.0 Å². The maximum Gasteiger partial charge on any atom is 0.333 e. The standard InChI is InChI=1S/C46H72O15/c1-11-23(2)42(50)59-34-19-31-30(46(51)17-14-28(22-47)45(34,46)7)13-12-27-18-29(15-16-44(27,31)6)58-35-20-32(52-8)39(25(4)55-35)60-36-21-33(53-9)40(26(5)56-36)61-43-38(49)41(54-10)37(48)24(3)57-43/h11-12,22,24-26,28-41,43,48-49,51H,13-21H2,1-10H3/b23-11+/t24?,25?,26?,28-,29+,30?,31?,32?,33?,34-,35?,36?,37?,38?,39?,40?,41?,43?,44+,45+,46+/m1/s1. The lowest BCUT2D eigenvalue weighted by molar-refractivity contribution is -0.352. The lowest BCUT2D eigenvalue weighted by Gasteiger charge is -2.62. The monoisotopic (exact) mass is 864 g/mol. The van der Waals surface area contributed by atoms with Crippen LogP contribution in [0, 0.1) is 28.6 Å². The van der Waals surface area contributed by atoms with Crippen molar-refractivity contribution in [1.29, 1.82) is 0 Å². The molecule has 7 aliphatic rings. The van der Waals surface area contributed by atoms with Crippen LogP contribution >= 0.6 is 0 Å². The van der Waals surface area contributed by atoms with Crippen molar-refractivity contribution in [3.8, 4) is 0 Å². The SMILES string of the molecule is C/C=C(\C)C(=O)O[C@@H]1CC2C(CC=C3C[C@@H](OC4CC(OC)C(OC5CC(OC)C(OC6OC(C)C(O)C(OC)C6O)C(C)O5)C(C)O4)CC[C@@]32C)[C@@]2(O)CC[C@H](C=O)[C@@]12C. The van der Waals surface area contributed by atoms with E-state index in [9.17, 15) is 24.9 Å². The Labute approximate surface area is 361 Å². The Kier molecular flexibility index (Phi) is 14.3. The molecular weight excluding hydrogens is 792 g/mol. The lowest BCUT2D eigenvalue weighted by Crippen LogP contribution is -2.66. The summed E-state index contributed by atoms with van der Waals surface area (Å²) < 4.78 is 61.7. The van der Waals surface area contributed by atoms with E-state index in [1.807, 2.05) is 20.8 Å². The summed E-state index contributed by atoms with van der Waals surface area (Å²) in [5, 5.41) is 34.0. The molecule has 61 heavy (non-hydrogen) atoms. The van der Waals surface area contributed by atoms with Crippen LogP contribution in [0.15, 0.2) is 23.3 Å². The smallest absolute Gasteiger partial charge is 0.333 e. The first-order valence-electron chi connectivity index (χ1n) is 22.6. The number of allylic oxidation sites excluding steroid dienone is 2. The van der Waals surface area contributed by atoms with Crippen molar-refractivity contribution in [2.45, 2.75) is 204 Å². The van der Waals surface area contributed by atoms with E-state index in [-0.39, 0.29) is 35.4 Å². The minimum Gasteiger partial charge on any atom is -0.458 e. The fourth-order valence-corrected chi connectivity index (χ4v) is 12.4. The van der Waals surface area contributed by atoms with E-state index < -0.39 is 96.9 Å². The van der Waals surface area contributed by atoms with Crippen molar-refractivity contribution in [3.05, 3.63) is 23.3 Å². The number of aliphatic hydroxyl groups excluding tert-OH is 2. The van der Waals surface area contributed by atoms with Crippen LogP contribution in [0.2, 0.25) is 0 Å². The molecule has 3 saturated carbocycles. The molecule has 6 fully saturated rings. The van der Waals surface area contributed by atoms with E-state index in [1.165, 1.54) is 12.7 Å². The van der Waals surface area contributed by atoms with Crippen LogP contribution in [0.25, 0.3) is 0 Å². The van der Waals surface area contributed by atoms with Crippen molar-refractivity contribution in [2.75, 3.05) is 21.3 Å². The van der Waals surface area contributed by atoms with Gasteiger partial charge >= 0.3 is 5.97 Å². The first kappa shape index (κ1) is 47.1. The minimum atomic E-state index is -1.22. The van der Waals surface area contributed by atoms with E-state index in [0.717, 1.165) is 25.5 Å². The molecule has 7 rings (SSSR count). The van der Waals surface area contributed by atoms with Gasteiger partial charge in [-0.25, -0.2) is 4.79 Å². The highest BCUT2D eigenvalue weighted by Gasteiger charge is 2.71. The number of ether oxygens (including phenoxy) is 10. The van der Waals surface area contributed by atoms with E-state index in [1.54, 1.807) is 41.1 Å². The third kappa shape index (κ3) is 8.35. The molecule has 15 nitrogen and oxygen atoms in total. The molecule has 0 radical (unpaired) electrons. The van der Waals surface area contributed by atoms with Crippen molar-refractivity contribution in [2.24, 2.45) is 28.6 Å². The van der Waals surface area contributed by atoms with Gasteiger partial charge in [-0.2, -0.15) is 0 Å². The number of fused-ring (bicyclic) bond motifs is 5. The van der Waals surface area contributed by atoms with Gasteiger partial charge in [0.15, 0.2) is 18.9 Å². The summed E-state index contributed by atoms with van der Waals surface area (Å²) in [6.45, 7) is 13.3. The van der Waals surface area contributed by atoms with Gasteiger partial charge in [0.2, 0.25) is 0 Å². The van der Waals surface area contributed by atoms with Gasteiger partial charge in [-0.1, -0.05) is 31.6 Å². The molecule has 3 heterocycles. The quantitative estimate of drug-likeness (QED) is 0.109. The summed E-state index contributed by atoms with van der Waals surface area (Å²) in [7, 11) is 4.68. The zero-order valence-corrected chi connectivity index (χ0v) is 37.7. The normalized spacial score (nSPS) is 50.2. The highest BCUT2D eigenvalue weighted by Crippen LogP contribution is 2.68. The predicted molar refractivity (Wildman–Crippen MR) is 219 cm³/mol. The van der Waals surface area contributed by atoms with Gasteiger partial charge in [0.1, 0.15) is 42.9 Å². The third-order valence-electron chi connectivity index (χ3n) is 16.4. The summed E-state index contributed by atoms with van der Waals surface area (Å²) in [6.07, 6.45) is 1.14. The molecule has 346 valence electrons. The average molecular weight is 865 g/mol. The van der Waals surface area contributed by atoms with Gasteiger partial charge < -0.3 is 67.5 Å². The molecule has 4 aliphatic carbocycles. The van der Waals surface area contributed by atoms with Crippen LogP contribution in [0.3, 0.4) is 0 Å². The van der Waals surface area contributed by atoms with Gasteiger partial charge in [-0.15, -0.1) is 0 Å². The lowest BCUT2D eigenvalue weighted by atomic mass is 9.45. The van der Waals surface area contributed by atoms with E-state index >= 15 is 0 Å². The first-order chi connectivity index (χ1) is 29.0. The van der Waals surface area contributed by atoms with Gasteiger partial charge in [0.25, 0.3) is 0 Å². The Morgan fingerprint density at radius 1 is 0.803 bits per heavy atom. The molecular formula is C46H72O15. The van der Waals surface area contributed by atoms with Crippen molar-refractivity contribution in [3.63, 3.8) is 0 Å². The second-order valence-corrected chi connectivity index (χ2v) is 19.3. The van der Waals surface area contributed by atoms with Crippen LogP contribution in [-0.4, -0.2) is 147 Å².